The predicted molar refractivity (Wildman–Crippen MR) is 95.5 cm³/mol. The third kappa shape index (κ3) is 3.98. The maximum Gasteiger partial charge on any atom is 0.325 e. The highest BCUT2D eigenvalue weighted by Gasteiger charge is 2.46. The molecule has 2 N–H and O–H groups in total. The zero-order valence-corrected chi connectivity index (χ0v) is 15.0. The van der Waals surface area contributed by atoms with Crippen LogP contribution in [-0.2, 0) is 14.3 Å². The number of amides is 3. The van der Waals surface area contributed by atoms with Gasteiger partial charge in [-0.05, 0) is 31.7 Å². The molecule has 0 saturated carbocycles. The summed E-state index contributed by atoms with van der Waals surface area (Å²) < 4.78 is 4.80. The Morgan fingerprint density at radius 2 is 1.96 bits per heavy atom. The molecule has 1 aromatic rings. The first-order chi connectivity index (χ1) is 12.5. The van der Waals surface area contributed by atoms with Crippen molar-refractivity contribution in [3.05, 3.63) is 35.9 Å². The molecule has 0 aliphatic carbocycles. The Labute approximate surface area is 153 Å². The molecule has 2 aliphatic heterocycles. The SMILES string of the molecule is CCOC(=O)CNC(=O)N1CCC2(CC1)CC(c1ccccc1)C(=O)N2. The molecule has 3 rings (SSSR count). The molecule has 140 valence electrons. The molecule has 3 amide bonds. The normalized spacial score (nSPS) is 21.3. The smallest absolute Gasteiger partial charge is 0.325 e. The van der Waals surface area contributed by atoms with Crippen LogP contribution in [0.4, 0.5) is 4.79 Å². The Morgan fingerprint density at radius 3 is 2.62 bits per heavy atom. The topological polar surface area (TPSA) is 87.7 Å². The predicted octanol–water partition coefficient (Wildman–Crippen LogP) is 1.40. The molecule has 1 atom stereocenters. The summed E-state index contributed by atoms with van der Waals surface area (Å²) in [6.07, 6.45) is 2.19. The Kier molecular flexibility index (Phi) is 5.44. The molecule has 0 radical (unpaired) electrons. The number of nitrogens with zero attached hydrogens (tertiary/aromatic N) is 1. The molecule has 2 fully saturated rings. The zero-order chi connectivity index (χ0) is 18.6. The van der Waals surface area contributed by atoms with Crippen LogP contribution in [0.5, 0.6) is 0 Å². The van der Waals surface area contributed by atoms with Crippen LogP contribution in [0.2, 0.25) is 0 Å². The summed E-state index contributed by atoms with van der Waals surface area (Å²) in [5.41, 5.74) is 0.798. The van der Waals surface area contributed by atoms with Crippen molar-refractivity contribution in [3.8, 4) is 0 Å². The highest BCUT2D eigenvalue weighted by Crippen LogP contribution is 2.39. The van der Waals surface area contributed by atoms with Gasteiger partial charge in [0.15, 0.2) is 0 Å². The second kappa shape index (κ2) is 7.76. The fraction of sp³-hybridized carbons (Fsp3) is 0.526. The summed E-state index contributed by atoms with van der Waals surface area (Å²) in [5, 5.41) is 5.76. The van der Waals surface area contributed by atoms with Crippen LogP contribution in [0.3, 0.4) is 0 Å². The van der Waals surface area contributed by atoms with E-state index in [4.69, 9.17) is 4.74 Å². The van der Waals surface area contributed by atoms with Crippen molar-refractivity contribution >= 4 is 17.9 Å². The van der Waals surface area contributed by atoms with Crippen LogP contribution in [0.15, 0.2) is 30.3 Å². The number of carbonyl (C=O) groups is 3. The summed E-state index contributed by atoms with van der Waals surface area (Å²) in [5.74, 6) is -0.500. The minimum atomic E-state index is -0.442. The molecule has 26 heavy (non-hydrogen) atoms. The highest BCUT2D eigenvalue weighted by molar-refractivity contribution is 5.87. The number of benzene rings is 1. The fourth-order valence-electron chi connectivity index (χ4n) is 3.78. The first-order valence-electron chi connectivity index (χ1n) is 9.08. The molecule has 1 aromatic carbocycles. The Hall–Kier alpha value is -2.57. The number of hydrogen-bond acceptors (Lipinski definition) is 4. The Morgan fingerprint density at radius 1 is 1.27 bits per heavy atom. The van der Waals surface area contributed by atoms with Gasteiger partial charge in [-0.15, -0.1) is 0 Å². The molecular formula is C19H25N3O4. The molecule has 7 nitrogen and oxygen atoms in total. The van der Waals surface area contributed by atoms with Gasteiger partial charge in [-0.1, -0.05) is 30.3 Å². The molecule has 1 unspecified atom stereocenters. The molecule has 0 bridgehead atoms. The minimum Gasteiger partial charge on any atom is -0.465 e. The van der Waals surface area contributed by atoms with Crippen LogP contribution in [-0.4, -0.2) is 54.6 Å². The number of hydrogen-bond donors (Lipinski definition) is 2. The van der Waals surface area contributed by atoms with E-state index in [1.54, 1.807) is 11.8 Å². The lowest BCUT2D eigenvalue weighted by Gasteiger charge is -2.39. The first kappa shape index (κ1) is 18.2. The summed E-state index contributed by atoms with van der Waals surface area (Å²) in [6, 6.07) is 9.55. The zero-order valence-electron chi connectivity index (χ0n) is 15.0. The van der Waals surface area contributed by atoms with Gasteiger partial charge in [-0.2, -0.15) is 0 Å². The number of ether oxygens (including phenoxy) is 1. The van der Waals surface area contributed by atoms with Gasteiger partial charge in [0.2, 0.25) is 5.91 Å². The third-order valence-electron chi connectivity index (χ3n) is 5.20. The van der Waals surface area contributed by atoms with Crippen molar-refractivity contribution in [2.24, 2.45) is 0 Å². The van der Waals surface area contributed by atoms with Crippen LogP contribution >= 0.6 is 0 Å². The van der Waals surface area contributed by atoms with E-state index in [0.717, 1.165) is 24.8 Å². The van der Waals surface area contributed by atoms with Gasteiger partial charge < -0.3 is 20.3 Å². The first-order valence-corrected chi connectivity index (χ1v) is 9.08. The minimum absolute atomic E-state index is 0.0661. The Bertz CT molecular complexity index is 669. The lowest BCUT2D eigenvalue weighted by Crippen LogP contribution is -2.54. The fourth-order valence-corrected chi connectivity index (χ4v) is 3.78. The van der Waals surface area contributed by atoms with Crippen molar-refractivity contribution < 1.29 is 19.1 Å². The number of esters is 1. The van der Waals surface area contributed by atoms with E-state index >= 15 is 0 Å². The number of rotatable bonds is 4. The molecule has 2 saturated heterocycles. The van der Waals surface area contributed by atoms with Crippen molar-refractivity contribution in [1.29, 1.82) is 0 Å². The quantitative estimate of drug-likeness (QED) is 0.796. The van der Waals surface area contributed by atoms with E-state index < -0.39 is 5.97 Å². The number of piperidine rings is 1. The van der Waals surface area contributed by atoms with Gasteiger partial charge in [0, 0.05) is 18.6 Å². The van der Waals surface area contributed by atoms with Crippen molar-refractivity contribution in [1.82, 2.24) is 15.5 Å². The number of likely N-dealkylation sites (tertiary alicyclic amines) is 1. The van der Waals surface area contributed by atoms with Gasteiger partial charge in [-0.3, -0.25) is 9.59 Å². The average molecular weight is 359 g/mol. The van der Waals surface area contributed by atoms with Crippen molar-refractivity contribution in [3.63, 3.8) is 0 Å². The molecular weight excluding hydrogens is 334 g/mol. The number of nitrogens with one attached hydrogen (secondary N) is 2. The van der Waals surface area contributed by atoms with E-state index in [9.17, 15) is 14.4 Å². The largest absolute Gasteiger partial charge is 0.465 e. The van der Waals surface area contributed by atoms with Crippen LogP contribution in [0.1, 0.15) is 37.7 Å². The second-order valence-electron chi connectivity index (χ2n) is 6.89. The molecule has 7 heteroatoms. The standard InChI is InChI=1S/C19H25N3O4/c1-2-26-16(23)13-20-18(25)22-10-8-19(9-11-22)12-15(17(24)21-19)14-6-4-3-5-7-14/h3-7,15H,2,8-13H2,1H3,(H,20,25)(H,21,24). The van der Waals surface area contributed by atoms with Crippen LogP contribution in [0, 0.1) is 0 Å². The van der Waals surface area contributed by atoms with E-state index in [1.165, 1.54) is 0 Å². The van der Waals surface area contributed by atoms with E-state index in [-0.39, 0.29) is 29.9 Å². The van der Waals surface area contributed by atoms with Gasteiger partial charge in [0.05, 0.1) is 12.5 Å². The maximum atomic E-state index is 12.4. The molecule has 2 aliphatic rings. The average Bonchev–Trinajstić information content (AvgIpc) is 2.97. The summed E-state index contributed by atoms with van der Waals surface area (Å²) in [6.45, 7) is 3.00. The summed E-state index contributed by atoms with van der Waals surface area (Å²) >= 11 is 0. The number of carbonyl (C=O) groups excluding carboxylic acids is 3. The number of urea groups is 1. The van der Waals surface area contributed by atoms with Gasteiger partial charge >= 0.3 is 12.0 Å². The van der Waals surface area contributed by atoms with Crippen LogP contribution in [0.25, 0.3) is 0 Å². The van der Waals surface area contributed by atoms with Gasteiger partial charge in [-0.25, -0.2) is 4.79 Å². The molecule has 1 spiro atoms. The monoisotopic (exact) mass is 359 g/mol. The second-order valence-corrected chi connectivity index (χ2v) is 6.89. The molecule has 2 heterocycles. The Balaban J connectivity index is 1.53. The highest BCUT2D eigenvalue weighted by atomic mass is 16.5. The maximum absolute atomic E-state index is 12.4. The van der Waals surface area contributed by atoms with Crippen molar-refractivity contribution in [2.45, 2.75) is 37.6 Å². The molecule has 0 aromatic heterocycles. The van der Waals surface area contributed by atoms with Gasteiger partial charge in [0.1, 0.15) is 6.54 Å². The van der Waals surface area contributed by atoms with E-state index in [1.807, 2.05) is 30.3 Å². The van der Waals surface area contributed by atoms with Crippen LogP contribution < -0.4 is 10.6 Å². The summed E-state index contributed by atoms with van der Waals surface area (Å²) in [4.78, 5) is 37.7. The lowest BCUT2D eigenvalue weighted by atomic mass is 9.82. The van der Waals surface area contributed by atoms with Crippen molar-refractivity contribution in [2.75, 3.05) is 26.2 Å². The summed E-state index contributed by atoms with van der Waals surface area (Å²) in [7, 11) is 0. The van der Waals surface area contributed by atoms with E-state index in [0.29, 0.717) is 19.7 Å². The third-order valence-corrected chi connectivity index (χ3v) is 5.20. The van der Waals surface area contributed by atoms with Gasteiger partial charge in [0.25, 0.3) is 0 Å². The van der Waals surface area contributed by atoms with E-state index in [2.05, 4.69) is 10.6 Å². The lowest BCUT2D eigenvalue weighted by molar-refractivity contribution is -0.141.